The molecule has 0 aromatic heterocycles. The summed E-state index contributed by atoms with van der Waals surface area (Å²) in [7, 11) is -1.78. The lowest BCUT2D eigenvalue weighted by molar-refractivity contribution is 0.00681. The van der Waals surface area contributed by atoms with Crippen LogP contribution in [0.25, 0.3) is 10.4 Å². The number of ether oxygens (including phenoxy) is 1. The van der Waals surface area contributed by atoms with Crippen molar-refractivity contribution in [3.05, 3.63) is 32.7 Å². The van der Waals surface area contributed by atoms with Gasteiger partial charge in [-0.15, -0.1) is 0 Å². The standard InChI is InChI=1S/C14H20BN3O4/c1-7-10(13(19)22-14(4,5)6)8(2)12(17-18-16)9(3)11(7)15(20)21/h20-21H,1-6H3. The van der Waals surface area contributed by atoms with E-state index in [0.29, 0.717) is 16.7 Å². The second-order valence-corrected chi connectivity index (χ2v) is 6.08. The average molecular weight is 305 g/mol. The molecule has 0 fully saturated rings. The summed E-state index contributed by atoms with van der Waals surface area (Å²) >= 11 is 0. The van der Waals surface area contributed by atoms with Crippen LogP contribution < -0.4 is 5.46 Å². The van der Waals surface area contributed by atoms with E-state index in [2.05, 4.69) is 10.0 Å². The molecular formula is C14H20BN3O4. The fraction of sp³-hybridized carbons (Fsp3) is 0.500. The molecule has 0 saturated heterocycles. The Balaban J connectivity index is 3.70. The molecular weight excluding hydrogens is 285 g/mol. The predicted octanol–water partition coefficient (Wildman–Crippen LogP) is 2.19. The Morgan fingerprint density at radius 3 is 2.14 bits per heavy atom. The maximum atomic E-state index is 12.4. The first-order chi connectivity index (χ1) is 10.0. The van der Waals surface area contributed by atoms with Crippen LogP contribution in [0, 0.1) is 20.8 Å². The number of hydrogen-bond donors (Lipinski definition) is 2. The van der Waals surface area contributed by atoms with Crippen LogP contribution in [-0.2, 0) is 4.74 Å². The summed E-state index contributed by atoms with van der Waals surface area (Å²) in [6, 6.07) is 0. The smallest absolute Gasteiger partial charge is 0.456 e. The zero-order valence-corrected chi connectivity index (χ0v) is 13.6. The average Bonchev–Trinajstić information content (AvgIpc) is 2.31. The van der Waals surface area contributed by atoms with Crippen LogP contribution in [0.2, 0.25) is 0 Å². The van der Waals surface area contributed by atoms with Gasteiger partial charge in [-0.05, 0) is 69.2 Å². The number of esters is 1. The molecule has 0 amide bonds. The first-order valence-electron chi connectivity index (χ1n) is 6.79. The van der Waals surface area contributed by atoms with E-state index >= 15 is 0 Å². The minimum Gasteiger partial charge on any atom is -0.456 e. The van der Waals surface area contributed by atoms with Gasteiger partial charge >= 0.3 is 13.1 Å². The number of azide groups is 1. The molecule has 0 aliphatic carbocycles. The largest absolute Gasteiger partial charge is 0.489 e. The van der Waals surface area contributed by atoms with Gasteiger partial charge in [0.2, 0.25) is 0 Å². The van der Waals surface area contributed by atoms with Crippen molar-refractivity contribution < 1.29 is 19.6 Å². The highest BCUT2D eigenvalue weighted by molar-refractivity contribution is 6.60. The van der Waals surface area contributed by atoms with Crippen molar-refractivity contribution >= 4 is 24.2 Å². The number of hydrogen-bond acceptors (Lipinski definition) is 5. The zero-order valence-electron chi connectivity index (χ0n) is 13.6. The van der Waals surface area contributed by atoms with Crippen molar-refractivity contribution in [1.82, 2.24) is 0 Å². The topological polar surface area (TPSA) is 116 Å². The molecule has 22 heavy (non-hydrogen) atoms. The lowest BCUT2D eigenvalue weighted by Gasteiger charge is -2.23. The summed E-state index contributed by atoms with van der Waals surface area (Å²) in [5, 5.41) is 22.7. The number of rotatable bonds is 3. The molecule has 7 nitrogen and oxygen atoms in total. The van der Waals surface area contributed by atoms with Crippen LogP contribution in [0.15, 0.2) is 5.11 Å². The summed E-state index contributed by atoms with van der Waals surface area (Å²) < 4.78 is 5.36. The number of carbonyl (C=O) groups excluding carboxylic acids is 1. The molecule has 0 atom stereocenters. The van der Waals surface area contributed by atoms with Crippen molar-refractivity contribution in [2.45, 2.75) is 47.1 Å². The van der Waals surface area contributed by atoms with Crippen molar-refractivity contribution in [2.75, 3.05) is 0 Å². The van der Waals surface area contributed by atoms with E-state index in [1.807, 2.05) is 0 Å². The summed E-state index contributed by atoms with van der Waals surface area (Å²) in [4.78, 5) is 15.2. The van der Waals surface area contributed by atoms with E-state index in [-0.39, 0.29) is 16.7 Å². The molecule has 0 radical (unpaired) electrons. The first kappa shape index (κ1) is 18.0. The highest BCUT2D eigenvalue weighted by Crippen LogP contribution is 2.30. The molecule has 118 valence electrons. The van der Waals surface area contributed by atoms with Gasteiger partial charge in [-0.2, -0.15) is 0 Å². The van der Waals surface area contributed by atoms with E-state index < -0.39 is 18.7 Å². The van der Waals surface area contributed by atoms with E-state index in [1.54, 1.807) is 41.5 Å². The number of benzene rings is 1. The lowest BCUT2D eigenvalue weighted by atomic mass is 9.71. The molecule has 0 saturated carbocycles. The van der Waals surface area contributed by atoms with Gasteiger partial charge in [0.1, 0.15) is 5.60 Å². The fourth-order valence-electron chi connectivity index (χ4n) is 2.44. The van der Waals surface area contributed by atoms with E-state index in [1.165, 1.54) is 0 Å². The van der Waals surface area contributed by atoms with Gasteiger partial charge in [-0.1, -0.05) is 5.11 Å². The van der Waals surface area contributed by atoms with E-state index in [4.69, 9.17) is 10.3 Å². The summed E-state index contributed by atoms with van der Waals surface area (Å²) in [5.41, 5.74) is 9.82. The van der Waals surface area contributed by atoms with Crippen LogP contribution >= 0.6 is 0 Å². The molecule has 0 unspecified atom stereocenters. The van der Waals surface area contributed by atoms with Gasteiger partial charge in [0.25, 0.3) is 0 Å². The fourth-order valence-corrected chi connectivity index (χ4v) is 2.44. The Hall–Kier alpha value is -2.02. The highest BCUT2D eigenvalue weighted by atomic mass is 16.6. The lowest BCUT2D eigenvalue weighted by Crippen LogP contribution is -2.37. The molecule has 0 spiro atoms. The summed E-state index contributed by atoms with van der Waals surface area (Å²) in [5.74, 6) is -0.598. The second kappa shape index (κ2) is 6.40. The van der Waals surface area contributed by atoms with Crippen molar-refractivity contribution in [2.24, 2.45) is 5.11 Å². The third kappa shape index (κ3) is 3.60. The van der Waals surface area contributed by atoms with Crippen LogP contribution in [-0.4, -0.2) is 28.7 Å². The van der Waals surface area contributed by atoms with Gasteiger partial charge in [-0.3, -0.25) is 0 Å². The minimum absolute atomic E-state index is 0.147. The van der Waals surface area contributed by atoms with Crippen LogP contribution in [0.5, 0.6) is 0 Å². The van der Waals surface area contributed by atoms with Gasteiger partial charge in [0.05, 0.1) is 5.56 Å². The summed E-state index contributed by atoms with van der Waals surface area (Å²) in [6.07, 6.45) is 0. The van der Waals surface area contributed by atoms with Gasteiger partial charge in [0.15, 0.2) is 0 Å². The molecule has 8 heteroatoms. The van der Waals surface area contributed by atoms with Crippen LogP contribution in [0.1, 0.15) is 47.8 Å². The van der Waals surface area contributed by atoms with Gasteiger partial charge in [-0.25, -0.2) is 4.79 Å². The van der Waals surface area contributed by atoms with E-state index in [9.17, 15) is 14.8 Å². The maximum absolute atomic E-state index is 12.4. The summed E-state index contributed by atoms with van der Waals surface area (Å²) in [6.45, 7) is 10.1. The van der Waals surface area contributed by atoms with Crippen molar-refractivity contribution in [3.63, 3.8) is 0 Å². The van der Waals surface area contributed by atoms with Gasteiger partial charge in [0, 0.05) is 10.6 Å². The van der Waals surface area contributed by atoms with E-state index in [0.717, 1.165) is 0 Å². The Kier molecular flexibility index (Phi) is 5.24. The Morgan fingerprint density at radius 2 is 1.73 bits per heavy atom. The molecule has 0 heterocycles. The van der Waals surface area contributed by atoms with Crippen molar-refractivity contribution in [3.8, 4) is 0 Å². The van der Waals surface area contributed by atoms with Gasteiger partial charge < -0.3 is 14.8 Å². The Bertz CT molecular complexity index is 659. The van der Waals surface area contributed by atoms with Crippen LogP contribution in [0.4, 0.5) is 5.69 Å². The first-order valence-corrected chi connectivity index (χ1v) is 6.79. The molecule has 1 aromatic rings. The van der Waals surface area contributed by atoms with Crippen LogP contribution in [0.3, 0.4) is 0 Å². The maximum Gasteiger partial charge on any atom is 0.489 e. The number of carbonyl (C=O) groups is 1. The SMILES string of the molecule is Cc1c(N=[N+]=[N-])c(C)c(C(=O)OC(C)(C)C)c(C)c1B(O)O. The molecule has 1 rings (SSSR count). The third-order valence-corrected chi connectivity index (χ3v) is 3.27. The molecule has 1 aromatic carbocycles. The van der Waals surface area contributed by atoms with Crippen molar-refractivity contribution in [1.29, 1.82) is 0 Å². The normalized spacial score (nSPS) is 10.9. The Labute approximate surface area is 129 Å². The highest BCUT2D eigenvalue weighted by Gasteiger charge is 2.29. The third-order valence-electron chi connectivity index (χ3n) is 3.27. The molecule has 0 aliphatic heterocycles. The minimum atomic E-state index is -1.78. The quantitative estimate of drug-likeness (QED) is 0.293. The predicted molar refractivity (Wildman–Crippen MR) is 84.5 cm³/mol. The molecule has 0 aliphatic rings. The second-order valence-electron chi connectivity index (χ2n) is 6.08. The monoisotopic (exact) mass is 305 g/mol. The molecule has 0 bridgehead atoms. The molecule has 2 N–H and O–H groups in total. The number of nitrogens with zero attached hydrogens (tertiary/aromatic N) is 3. The zero-order chi connectivity index (χ0) is 17.2. The Morgan fingerprint density at radius 1 is 1.18 bits per heavy atom.